The van der Waals surface area contributed by atoms with Crippen molar-refractivity contribution in [3.8, 4) is 0 Å². The third-order valence-corrected chi connectivity index (χ3v) is 24.8. The molecule has 2 aromatic carbocycles. The van der Waals surface area contributed by atoms with E-state index >= 15 is 0 Å². The summed E-state index contributed by atoms with van der Waals surface area (Å²) < 4.78 is 52.8. The number of azide groups is 1. The fraction of sp³-hybridized carbons (Fsp3) is 0.662. The number of ether oxygens (including phenoxy) is 2. The van der Waals surface area contributed by atoms with Crippen LogP contribution in [-0.4, -0.2) is 89.1 Å². The van der Waals surface area contributed by atoms with Crippen molar-refractivity contribution in [1.29, 1.82) is 0 Å². The van der Waals surface area contributed by atoms with Crippen molar-refractivity contribution in [2.45, 2.75) is 256 Å². The minimum atomic E-state index is -2.50. The largest absolute Gasteiger partial charge is 0 e. The maximum absolute atomic E-state index is 12.9. The van der Waals surface area contributed by atoms with E-state index in [2.05, 4.69) is 245 Å². The van der Waals surface area contributed by atoms with E-state index in [-0.39, 0.29) is 71.9 Å². The summed E-state index contributed by atoms with van der Waals surface area (Å²) in [5.74, 6) is 6.06. The van der Waals surface area contributed by atoms with Gasteiger partial charge in [-0.05, 0) is 116 Å². The van der Waals surface area contributed by atoms with E-state index in [9.17, 15) is 56.1 Å². The summed E-state index contributed by atoms with van der Waals surface area (Å²) in [5, 5.41) is 29.1. The Morgan fingerprint density at radius 2 is 1.01 bits per heavy atom. The molecule has 0 bridgehead atoms. The Balaban J connectivity index is -0.00000133. The van der Waals surface area contributed by atoms with Crippen molar-refractivity contribution in [2.24, 2.45) is 57.4 Å². The molecule has 6 fully saturated rings. The number of ketones is 1. The van der Waals surface area contributed by atoms with Gasteiger partial charge < -0.3 is 45.8 Å². The van der Waals surface area contributed by atoms with Crippen LogP contribution >= 0.6 is 120 Å². The van der Waals surface area contributed by atoms with Gasteiger partial charge in [-0.1, -0.05) is 198 Å². The predicted octanol–water partition coefficient (Wildman–Crippen LogP) is 21.3. The Hall–Kier alpha value is 1.09. The number of Topliss-reactive ketones (excluding diaryl/α,β-unsaturated/α-hetero) is 1. The second-order valence-electron chi connectivity index (χ2n) is 28.5. The van der Waals surface area contributed by atoms with Crippen LogP contribution in [0.5, 0.6) is 0 Å². The van der Waals surface area contributed by atoms with Crippen LogP contribution in [0, 0.1) is 86.9 Å². The molecule has 2 aliphatic heterocycles. The number of nitrogens with zero attached hydrogens (tertiary/aromatic N) is 5. The number of hydrogen-bond acceptors (Lipinski definition) is 13. The van der Waals surface area contributed by atoms with E-state index < -0.39 is 108 Å². The van der Waals surface area contributed by atoms with Crippen molar-refractivity contribution in [3.63, 3.8) is 0 Å². The molecule has 0 spiro atoms. The molecular weight excluding hydrogens is 2240 g/mol. The van der Waals surface area contributed by atoms with Crippen molar-refractivity contribution in [3.05, 3.63) is 157 Å². The zero-order valence-corrected chi connectivity index (χ0v) is 87.5. The van der Waals surface area contributed by atoms with Crippen LogP contribution < -0.4 is 38.4 Å². The summed E-state index contributed by atoms with van der Waals surface area (Å²) in [7, 11) is -0.0128. The molecule has 5 N–H and O–H groups in total. The van der Waals surface area contributed by atoms with Crippen LogP contribution in [0.15, 0.2) is 91.3 Å². The third-order valence-electron chi connectivity index (χ3n) is 20.9. The number of benzene rings is 2. The van der Waals surface area contributed by atoms with Crippen LogP contribution in [0.2, 0.25) is 0 Å². The predicted molar refractivity (Wildman–Crippen MR) is 477 cm³/mol. The molecular formula is C77H122F4I5N8O11PSTi2V3-3. The van der Waals surface area contributed by atoms with Gasteiger partial charge >= 0.3 is 178 Å². The molecule has 10 rings (SSSR count). The molecule has 4 aliphatic carbocycles. The Morgan fingerprint density at radius 1 is 0.661 bits per heavy atom. The molecule has 4 saturated carbocycles. The number of amides is 1. The molecule has 1 amide bonds. The zero-order chi connectivity index (χ0) is 85.1. The average Bonchev–Trinajstić information content (AvgIpc) is 1.55. The topological polar surface area (TPSA) is 281 Å². The number of carbonyl (C=O) groups excluding carboxylic acids is 3. The number of aromatic amines is 2. The van der Waals surface area contributed by atoms with Crippen molar-refractivity contribution < 1.29 is 120 Å². The summed E-state index contributed by atoms with van der Waals surface area (Å²) in [5.41, 5.74) is 8.55. The summed E-state index contributed by atoms with van der Waals surface area (Å²) >= 11 is 8.62. The SMILES string of the molecule is C1CCCC1.CC1C(C)C(C)C(C)C1C.CCC(=O)c1ccc(P(CSC(=O)CC(C)(C)C2CCCC2)c2ccccc2)cc1.Cc1cn(C2CC(O)C(CN=[N+]=[N-])O2)c(=O)[nH]c1=O.Cc1cn(C2CC(O)C(CNC(=O)CC(C)(C)C3CCCC3)O2)c(=O)[nH]c1=O.[CH2-]C.[CH2-]C.[CH2-]C.[F][Ti][F].[F][Ti][F].[I][V]([I])[I].[I][V][I].[V]. The maximum atomic E-state index is 12.9. The van der Waals surface area contributed by atoms with Gasteiger partial charge in [-0.25, -0.2) is 9.59 Å². The number of nitrogens with one attached hydrogen (secondary N) is 3. The summed E-state index contributed by atoms with van der Waals surface area (Å²) in [6.07, 6.45) is 18.1. The van der Waals surface area contributed by atoms with E-state index in [1.54, 1.807) is 34.6 Å². The number of halogens is 9. The smallest absolute Gasteiger partial charge is 0 e. The second kappa shape index (κ2) is 67.6. The van der Waals surface area contributed by atoms with Gasteiger partial charge in [-0.2, -0.15) is 20.8 Å². The molecule has 4 heterocycles. The van der Waals surface area contributed by atoms with Gasteiger partial charge in [0.2, 0.25) is 5.91 Å². The van der Waals surface area contributed by atoms with Gasteiger partial charge in [-0.15, -0.1) is 0 Å². The van der Waals surface area contributed by atoms with Gasteiger partial charge in [-0.3, -0.25) is 43.1 Å². The Bertz CT molecular complexity index is 3430. The first-order chi connectivity index (χ1) is 52.6. The first-order valence-electron chi connectivity index (χ1n) is 37.6. The maximum Gasteiger partial charge on any atom is 0 e. The second-order valence-corrected chi connectivity index (χ2v) is 79.8. The van der Waals surface area contributed by atoms with Gasteiger partial charge in [0.25, 0.3) is 11.1 Å². The Kier molecular flexibility index (Phi) is 70.7. The molecule has 1 radical (unpaired) electrons. The summed E-state index contributed by atoms with van der Waals surface area (Å²) in [6.45, 7) is 41.1. The van der Waals surface area contributed by atoms with Crippen LogP contribution in [0.3, 0.4) is 0 Å². The number of H-pyrrole nitrogens is 2. The van der Waals surface area contributed by atoms with E-state index in [1.165, 1.54) is 127 Å². The normalized spacial score (nSPS) is 22.0. The molecule has 2 aromatic heterocycles. The fourth-order valence-electron chi connectivity index (χ4n) is 14.0. The minimum absolute atomic E-state index is 0. The number of aromatic nitrogens is 4. The number of hydrogen-bond donors (Lipinski definition) is 5. The average molecular weight is 2360 g/mol. The molecule has 7 unspecified atom stereocenters. The molecule has 636 valence electrons. The standard InChI is InChI=1S/C26H33O2PS.C20H31N3O5.C10H13N5O4.C10H20.C5H10.3C2H5.4FH.5HI.2Ti.3V/c1-4-24(27)20-14-16-23(17-15-20)29(22-12-6-5-7-13-22)19-30-25(28)18-26(2,3)21-10-8-9-11-21;1-12-11-23(19(27)22-18(12)26)17-8-14(24)15(28-17)10-21-16(25)9-20(2,3)13-6-4-5-7-13;1-5-4-15(10(18)13-9(5)17)8-2-6(16)7(19-8)3-12-14-11;1-6-7(2)9(4)10(5)8(6)3;1-2-4-5-3-1;3*1-2;;;;;;;;;;;;;;/h5-7,12-17,21H,4,8-11,18-19H2,1-3H3;11,13-15,17,24H,4-10H2,1-3H3,(H,21,25)(H,22,26,27);4,6-8,16H,2-3H2,1H3,(H,13,17,18);6-10H,1-5H3;1-5H2;3*1H2,2H3;9*1H;;;;;/q;;;;;3*-1;;;;;;;;;;2*+2;;+2;+3/p-9. The number of carbonyl (C=O) groups is 3. The first kappa shape index (κ1) is 117. The number of aryl methyl sites for hydroxylation is 2. The molecule has 7 atom stereocenters. The Morgan fingerprint density at radius 3 is 1.38 bits per heavy atom. The molecule has 35 heteroatoms. The Labute approximate surface area is 769 Å². The van der Waals surface area contributed by atoms with E-state index in [1.807, 2.05) is 25.1 Å². The van der Waals surface area contributed by atoms with E-state index in [0.29, 0.717) is 56.8 Å². The fourth-order valence-corrected chi connectivity index (χ4v) is 18.1. The molecule has 6 aliphatic rings. The van der Waals surface area contributed by atoms with Crippen molar-refractivity contribution >= 4 is 147 Å². The molecule has 19 nitrogen and oxygen atoms in total. The quantitative estimate of drug-likeness (QED) is 0.00716. The number of rotatable bonds is 18. The van der Waals surface area contributed by atoms with Gasteiger partial charge in [0.1, 0.15) is 18.6 Å². The van der Waals surface area contributed by atoms with Crippen molar-refractivity contribution in [2.75, 3.05) is 18.6 Å². The monoisotopic (exact) mass is 2360 g/mol. The van der Waals surface area contributed by atoms with Gasteiger partial charge in [0, 0.05) is 96.7 Å². The molecule has 2 saturated heterocycles. The molecule has 4 aromatic rings. The number of aliphatic hydroxyl groups excluding tert-OH is 2. The van der Waals surface area contributed by atoms with Gasteiger partial charge in [0.15, 0.2) is 10.9 Å². The van der Waals surface area contributed by atoms with Gasteiger partial charge in [0.05, 0.1) is 24.9 Å². The van der Waals surface area contributed by atoms with E-state index in [0.717, 1.165) is 40.6 Å². The van der Waals surface area contributed by atoms with Crippen LogP contribution in [-0.2, 0) is 92.5 Å². The zero-order valence-electron chi connectivity index (χ0n) is 67.7. The van der Waals surface area contributed by atoms with Crippen molar-refractivity contribution in [1.82, 2.24) is 24.4 Å². The van der Waals surface area contributed by atoms with E-state index in [4.69, 9.17) is 15.0 Å². The van der Waals surface area contributed by atoms with Crippen LogP contribution in [0.4, 0.5) is 12.4 Å². The summed E-state index contributed by atoms with van der Waals surface area (Å²) in [6, 6.07) is 18.5. The first-order valence-corrected chi connectivity index (χ1v) is 65.0. The van der Waals surface area contributed by atoms with Crippen LogP contribution in [0.25, 0.3) is 10.4 Å². The van der Waals surface area contributed by atoms with Crippen LogP contribution in [0.1, 0.15) is 240 Å². The summed E-state index contributed by atoms with van der Waals surface area (Å²) in [4.78, 5) is 90.5. The number of thioether (sulfide) groups is 1. The number of aliphatic hydroxyl groups is 2. The minimum Gasteiger partial charge on any atom is 0 e. The molecule has 112 heavy (non-hydrogen) atoms. The third kappa shape index (κ3) is 45.5.